The van der Waals surface area contributed by atoms with Crippen LogP contribution in [0.5, 0.6) is 5.75 Å². The van der Waals surface area contributed by atoms with E-state index < -0.39 is 56.5 Å². The van der Waals surface area contributed by atoms with Crippen LogP contribution < -0.4 is 88.7 Å². The predicted octanol–water partition coefficient (Wildman–Crippen LogP) is -6.16. The summed E-state index contributed by atoms with van der Waals surface area (Å²) in [6, 6.07) is 11.5. The van der Waals surface area contributed by atoms with Crippen molar-refractivity contribution in [2.24, 2.45) is 10.2 Å². The SMILES string of the molecule is O=S(=O)([O-])c1ccc2c(N=Nc3ccc(S(=O)(=O)[O-])c4ccccc34)c(O)c(S(=O)(=O)[O-])cc2c1.[Fe].[Na+].[Na+].[Na+]. The topological polar surface area (TPSA) is 217 Å². The largest absolute Gasteiger partial charge is 1.00 e. The molecule has 0 bridgehead atoms. The van der Waals surface area contributed by atoms with Crippen molar-refractivity contribution in [1.82, 2.24) is 0 Å². The van der Waals surface area contributed by atoms with Gasteiger partial charge in [0.15, 0.2) is 5.75 Å². The summed E-state index contributed by atoms with van der Waals surface area (Å²) in [6.07, 6.45) is 0. The number of benzene rings is 4. The maximum absolute atomic E-state index is 11.7. The molecular formula is C20H11FeN2Na3O10S3. The van der Waals surface area contributed by atoms with Crippen LogP contribution in [0, 0.1) is 0 Å². The van der Waals surface area contributed by atoms with Crippen LogP contribution >= 0.6 is 0 Å². The van der Waals surface area contributed by atoms with Crippen molar-refractivity contribution in [3.63, 3.8) is 0 Å². The van der Waals surface area contributed by atoms with Crippen LogP contribution in [0.2, 0.25) is 0 Å². The van der Waals surface area contributed by atoms with Crippen LogP contribution in [0.25, 0.3) is 21.5 Å². The van der Waals surface area contributed by atoms with Gasteiger partial charge in [-0.1, -0.05) is 30.3 Å². The molecule has 0 radical (unpaired) electrons. The molecule has 4 aromatic rings. The van der Waals surface area contributed by atoms with Crippen molar-refractivity contribution in [1.29, 1.82) is 0 Å². The molecule has 1 N–H and O–H groups in total. The Morgan fingerprint density at radius 2 is 1.18 bits per heavy atom. The number of hydrogen-bond acceptors (Lipinski definition) is 12. The molecule has 0 aliphatic rings. The molecule has 39 heavy (non-hydrogen) atoms. The Bertz CT molecular complexity index is 1900. The number of phenols is 1. The van der Waals surface area contributed by atoms with Gasteiger partial charge in [0, 0.05) is 33.2 Å². The Hall–Kier alpha value is 0.0495. The van der Waals surface area contributed by atoms with E-state index in [1.165, 1.54) is 24.3 Å². The average molecular weight is 660 g/mol. The van der Waals surface area contributed by atoms with Crippen LogP contribution in [-0.4, -0.2) is 44.0 Å². The van der Waals surface area contributed by atoms with Crippen molar-refractivity contribution in [3.05, 3.63) is 60.7 Å². The van der Waals surface area contributed by atoms with Crippen LogP contribution in [0.15, 0.2) is 85.6 Å². The Labute approximate surface area is 300 Å². The van der Waals surface area contributed by atoms with E-state index >= 15 is 0 Å². The molecule has 0 heterocycles. The minimum absolute atomic E-state index is 0. The molecule has 19 heteroatoms. The molecule has 12 nitrogen and oxygen atoms in total. The van der Waals surface area contributed by atoms with Gasteiger partial charge < -0.3 is 18.8 Å². The Kier molecular flexibility index (Phi) is 14.5. The molecule has 4 rings (SSSR count). The average Bonchev–Trinajstić information content (AvgIpc) is 2.75. The molecule has 0 saturated heterocycles. The van der Waals surface area contributed by atoms with E-state index in [4.69, 9.17) is 0 Å². The predicted molar refractivity (Wildman–Crippen MR) is 118 cm³/mol. The van der Waals surface area contributed by atoms with Gasteiger partial charge in [0.1, 0.15) is 36.0 Å². The summed E-state index contributed by atoms with van der Waals surface area (Å²) in [6.45, 7) is 0. The van der Waals surface area contributed by atoms with Crippen LogP contribution in [0.4, 0.5) is 11.4 Å². The fourth-order valence-corrected chi connectivity index (χ4v) is 5.23. The Morgan fingerprint density at radius 1 is 0.615 bits per heavy atom. The molecule has 0 amide bonds. The summed E-state index contributed by atoms with van der Waals surface area (Å²) in [5, 5.41) is 18.2. The molecule has 0 aromatic heterocycles. The minimum Gasteiger partial charge on any atom is -0.744 e. The summed E-state index contributed by atoms with van der Waals surface area (Å²) in [4.78, 5) is -2.35. The number of nitrogens with zero attached hydrogens (tertiary/aromatic N) is 2. The maximum atomic E-state index is 11.7. The monoisotopic (exact) mass is 660 g/mol. The summed E-state index contributed by atoms with van der Waals surface area (Å²) in [7, 11) is -15.0. The zero-order chi connectivity index (χ0) is 25.8. The number of rotatable bonds is 5. The van der Waals surface area contributed by atoms with Gasteiger partial charge in [-0.25, -0.2) is 25.3 Å². The van der Waals surface area contributed by atoms with Crippen molar-refractivity contribution in [3.8, 4) is 5.75 Å². The molecule has 0 aliphatic heterocycles. The molecular weight excluding hydrogens is 649 g/mol. The summed E-state index contributed by atoms with van der Waals surface area (Å²) < 4.78 is 104. The van der Waals surface area contributed by atoms with Crippen molar-refractivity contribution >= 4 is 63.3 Å². The van der Waals surface area contributed by atoms with E-state index in [0.717, 1.165) is 30.3 Å². The first-order chi connectivity index (χ1) is 16.2. The molecule has 0 fully saturated rings. The smallest absolute Gasteiger partial charge is 0.744 e. The zero-order valence-electron chi connectivity index (χ0n) is 20.4. The number of fused-ring (bicyclic) bond motifs is 2. The molecule has 0 saturated carbocycles. The van der Waals surface area contributed by atoms with Crippen molar-refractivity contribution in [2.75, 3.05) is 0 Å². The fraction of sp³-hybridized carbons (Fsp3) is 0. The van der Waals surface area contributed by atoms with Gasteiger partial charge >= 0.3 is 88.7 Å². The normalized spacial score (nSPS) is 11.8. The van der Waals surface area contributed by atoms with E-state index in [-0.39, 0.29) is 133 Å². The van der Waals surface area contributed by atoms with E-state index in [1.807, 2.05) is 0 Å². The van der Waals surface area contributed by atoms with Gasteiger partial charge in [-0.3, -0.25) is 0 Å². The third-order valence-electron chi connectivity index (χ3n) is 4.97. The van der Waals surface area contributed by atoms with E-state index in [9.17, 15) is 44.0 Å². The molecule has 0 atom stereocenters. The number of azo groups is 1. The summed E-state index contributed by atoms with van der Waals surface area (Å²) >= 11 is 0. The van der Waals surface area contributed by atoms with E-state index in [2.05, 4.69) is 10.2 Å². The second-order valence-corrected chi connectivity index (χ2v) is 11.2. The summed E-state index contributed by atoms with van der Waals surface area (Å²) in [5.41, 5.74) is -0.508. The van der Waals surface area contributed by atoms with E-state index in [0.29, 0.717) is 6.07 Å². The quantitative estimate of drug-likeness (QED) is 0.121. The van der Waals surface area contributed by atoms with Gasteiger partial charge in [0.2, 0.25) is 0 Å². The standard InChI is InChI=1S/C20H14N2O10S3.Fe.3Na/c23-20-18(35(30,31)32)10-11-9-12(33(24,25)26)5-6-13(11)19(20)22-21-16-7-8-17(34(27,28)29)15-4-2-1-3-14(15)16;;;;/h1-10,23H,(H,24,25,26)(H,27,28,29)(H,30,31,32);;;;/q;;3*+1/p-3. The van der Waals surface area contributed by atoms with Crippen molar-refractivity contribution < 1.29 is 150 Å². The van der Waals surface area contributed by atoms with Gasteiger partial charge in [-0.05, 0) is 35.7 Å². The molecule has 0 spiro atoms. The minimum atomic E-state index is -5.27. The van der Waals surface area contributed by atoms with Crippen LogP contribution in [-0.2, 0) is 47.4 Å². The molecule has 190 valence electrons. The maximum Gasteiger partial charge on any atom is 1.00 e. The number of phenolic OH excluding ortho intramolecular Hbond substituents is 1. The van der Waals surface area contributed by atoms with Gasteiger partial charge in [0.25, 0.3) is 0 Å². The molecule has 0 unspecified atom stereocenters. The first-order valence-corrected chi connectivity index (χ1v) is 13.5. The van der Waals surface area contributed by atoms with E-state index in [1.54, 1.807) is 0 Å². The second kappa shape index (κ2) is 14.5. The zero-order valence-corrected chi connectivity index (χ0v) is 29.9. The Balaban J connectivity index is 0.00000361. The number of aromatic hydroxyl groups is 1. The van der Waals surface area contributed by atoms with Crippen LogP contribution in [0.3, 0.4) is 0 Å². The van der Waals surface area contributed by atoms with Crippen LogP contribution in [0.1, 0.15) is 0 Å². The first-order valence-electron chi connectivity index (χ1n) is 9.29. The van der Waals surface area contributed by atoms with Gasteiger partial charge in [-0.15, -0.1) is 10.2 Å². The van der Waals surface area contributed by atoms with Crippen molar-refractivity contribution in [2.45, 2.75) is 14.7 Å². The first kappa shape index (κ1) is 39.0. The summed E-state index contributed by atoms with van der Waals surface area (Å²) in [5.74, 6) is -1.07. The molecule has 0 aliphatic carbocycles. The third-order valence-corrected chi connectivity index (χ3v) is 7.54. The third kappa shape index (κ3) is 8.55. The number of hydrogen-bond donors (Lipinski definition) is 1. The molecule has 4 aromatic carbocycles. The fourth-order valence-electron chi connectivity index (χ4n) is 3.44. The van der Waals surface area contributed by atoms with Gasteiger partial charge in [-0.2, -0.15) is 0 Å². The Morgan fingerprint density at radius 3 is 1.72 bits per heavy atom. The second-order valence-electron chi connectivity index (χ2n) is 7.15. The van der Waals surface area contributed by atoms with Gasteiger partial charge in [0.05, 0.1) is 20.4 Å².